The van der Waals surface area contributed by atoms with Crippen LogP contribution in [0.3, 0.4) is 0 Å². The minimum Gasteiger partial charge on any atom is -0.354 e. The van der Waals surface area contributed by atoms with Gasteiger partial charge in [0.15, 0.2) is 0 Å². The topological polar surface area (TPSA) is 49.4 Å². The van der Waals surface area contributed by atoms with Crippen LogP contribution in [-0.2, 0) is 22.6 Å². The lowest BCUT2D eigenvalue weighted by atomic mass is 10.0. The molecular weight excluding hydrogens is 464 g/mol. The predicted octanol–water partition coefficient (Wildman–Crippen LogP) is 5.87. The summed E-state index contributed by atoms with van der Waals surface area (Å²) >= 11 is 3.45. The standard InChI is InChI=1S/C27H31BrN2O2/c1-3-4-18-29-27(32)20(2)30(19-21-12-15-24(28)16-13-21)26(31)17-14-23-10-7-9-22-8-5-6-11-25(22)23/h5-13,15-16,20H,3-4,14,17-19H2,1-2H3,(H,29,32)/t20-/m1/s1. The molecule has 5 heteroatoms. The first-order chi connectivity index (χ1) is 15.5. The van der Waals surface area contributed by atoms with Crippen LogP contribution in [0.2, 0.25) is 0 Å². The van der Waals surface area contributed by atoms with Crippen molar-refractivity contribution in [3.8, 4) is 0 Å². The molecule has 3 aromatic carbocycles. The summed E-state index contributed by atoms with van der Waals surface area (Å²) in [5, 5.41) is 5.32. The molecule has 0 unspecified atom stereocenters. The van der Waals surface area contributed by atoms with E-state index in [-0.39, 0.29) is 11.8 Å². The average Bonchev–Trinajstić information content (AvgIpc) is 2.81. The first kappa shape index (κ1) is 24.0. The van der Waals surface area contributed by atoms with Crippen LogP contribution < -0.4 is 5.32 Å². The highest BCUT2D eigenvalue weighted by Gasteiger charge is 2.25. The summed E-state index contributed by atoms with van der Waals surface area (Å²) in [7, 11) is 0. The number of nitrogens with one attached hydrogen (secondary N) is 1. The lowest BCUT2D eigenvalue weighted by Crippen LogP contribution is -2.47. The van der Waals surface area contributed by atoms with Gasteiger partial charge in [-0.15, -0.1) is 0 Å². The van der Waals surface area contributed by atoms with Crippen LogP contribution in [0.25, 0.3) is 10.8 Å². The number of amides is 2. The number of hydrogen-bond acceptors (Lipinski definition) is 2. The molecule has 0 aliphatic rings. The summed E-state index contributed by atoms with van der Waals surface area (Å²) in [4.78, 5) is 27.8. The number of hydrogen-bond donors (Lipinski definition) is 1. The first-order valence-electron chi connectivity index (χ1n) is 11.3. The van der Waals surface area contributed by atoms with E-state index in [0.717, 1.165) is 28.4 Å². The number of halogens is 1. The summed E-state index contributed by atoms with van der Waals surface area (Å²) in [5.74, 6) is -0.118. The molecule has 0 saturated carbocycles. The molecule has 3 rings (SSSR count). The second-order valence-corrected chi connectivity index (χ2v) is 9.02. The Balaban J connectivity index is 1.75. The molecule has 1 N–H and O–H groups in total. The maximum Gasteiger partial charge on any atom is 0.242 e. The Bertz CT molecular complexity index is 1040. The molecule has 0 radical (unpaired) electrons. The van der Waals surface area contributed by atoms with Gasteiger partial charge in [-0.1, -0.05) is 83.9 Å². The van der Waals surface area contributed by atoms with Crippen molar-refractivity contribution in [2.24, 2.45) is 0 Å². The molecule has 1 atom stereocenters. The fraction of sp³-hybridized carbons (Fsp3) is 0.333. The largest absolute Gasteiger partial charge is 0.354 e. The third-order valence-corrected chi connectivity index (χ3v) is 6.28. The van der Waals surface area contributed by atoms with Crippen molar-refractivity contribution in [1.29, 1.82) is 0 Å². The van der Waals surface area contributed by atoms with E-state index in [9.17, 15) is 9.59 Å². The molecule has 0 heterocycles. The second kappa shape index (κ2) is 11.8. The van der Waals surface area contributed by atoms with Crippen LogP contribution in [0, 0.1) is 0 Å². The van der Waals surface area contributed by atoms with Gasteiger partial charge in [-0.2, -0.15) is 0 Å². The molecule has 0 aliphatic heterocycles. The zero-order valence-electron chi connectivity index (χ0n) is 18.8. The summed E-state index contributed by atoms with van der Waals surface area (Å²) in [6.45, 7) is 4.95. The van der Waals surface area contributed by atoms with Gasteiger partial charge in [0, 0.05) is 24.0 Å². The molecule has 3 aromatic rings. The Labute approximate surface area is 199 Å². The van der Waals surface area contributed by atoms with E-state index in [1.165, 1.54) is 10.8 Å². The summed E-state index contributed by atoms with van der Waals surface area (Å²) in [6, 6.07) is 21.8. The van der Waals surface area contributed by atoms with Crippen LogP contribution in [0.15, 0.2) is 71.2 Å². The number of unbranched alkanes of at least 4 members (excludes halogenated alkanes) is 1. The van der Waals surface area contributed by atoms with Crippen LogP contribution >= 0.6 is 15.9 Å². The fourth-order valence-electron chi connectivity index (χ4n) is 3.80. The number of benzene rings is 3. The molecule has 0 saturated heterocycles. The number of aryl methyl sites for hydroxylation is 1. The van der Waals surface area contributed by atoms with Crippen molar-refractivity contribution in [2.45, 2.75) is 52.1 Å². The van der Waals surface area contributed by atoms with Gasteiger partial charge in [-0.3, -0.25) is 9.59 Å². The van der Waals surface area contributed by atoms with Crippen molar-refractivity contribution >= 4 is 38.5 Å². The Morgan fingerprint density at radius 2 is 1.72 bits per heavy atom. The first-order valence-corrected chi connectivity index (χ1v) is 12.1. The lowest BCUT2D eigenvalue weighted by Gasteiger charge is -2.29. The Hall–Kier alpha value is -2.66. The van der Waals surface area contributed by atoms with Gasteiger partial charge < -0.3 is 10.2 Å². The van der Waals surface area contributed by atoms with Gasteiger partial charge in [0.1, 0.15) is 6.04 Å². The smallest absolute Gasteiger partial charge is 0.242 e. The van der Waals surface area contributed by atoms with Gasteiger partial charge in [-0.05, 0) is 53.8 Å². The van der Waals surface area contributed by atoms with Gasteiger partial charge >= 0.3 is 0 Å². The molecular formula is C27H31BrN2O2. The van der Waals surface area contributed by atoms with E-state index in [2.05, 4.69) is 52.4 Å². The zero-order chi connectivity index (χ0) is 22.9. The van der Waals surface area contributed by atoms with E-state index < -0.39 is 6.04 Å². The molecule has 0 fully saturated rings. The molecule has 0 aromatic heterocycles. The van der Waals surface area contributed by atoms with E-state index in [4.69, 9.17) is 0 Å². The average molecular weight is 495 g/mol. The van der Waals surface area contributed by atoms with Crippen molar-refractivity contribution in [2.75, 3.05) is 6.54 Å². The second-order valence-electron chi connectivity index (χ2n) is 8.11. The van der Waals surface area contributed by atoms with Crippen molar-refractivity contribution < 1.29 is 9.59 Å². The van der Waals surface area contributed by atoms with Gasteiger partial charge in [-0.25, -0.2) is 0 Å². The molecule has 168 valence electrons. The van der Waals surface area contributed by atoms with E-state index in [1.54, 1.807) is 4.90 Å². The minimum absolute atomic E-state index is 0.0148. The normalized spacial score (nSPS) is 11.8. The lowest BCUT2D eigenvalue weighted by molar-refractivity contribution is -0.140. The number of nitrogens with zero attached hydrogens (tertiary/aromatic N) is 1. The van der Waals surface area contributed by atoms with Crippen molar-refractivity contribution in [3.63, 3.8) is 0 Å². The number of carbonyl (C=O) groups excluding carboxylic acids is 2. The van der Waals surface area contributed by atoms with E-state index in [1.807, 2.05) is 49.4 Å². The minimum atomic E-state index is -0.532. The highest BCUT2D eigenvalue weighted by molar-refractivity contribution is 9.10. The van der Waals surface area contributed by atoms with Crippen molar-refractivity contribution in [3.05, 3.63) is 82.3 Å². The monoisotopic (exact) mass is 494 g/mol. The Morgan fingerprint density at radius 3 is 2.47 bits per heavy atom. The number of fused-ring (bicyclic) bond motifs is 1. The van der Waals surface area contributed by atoms with Gasteiger partial charge in [0.05, 0.1) is 0 Å². The molecule has 4 nitrogen and oxygen atoms in total. The van der Waals surface area contributed by atoms with Crippen molar-refractivity contribution in [1.82, 2.24) is 10.2 Å². The van der Waals surface area contributed by atoms with E-state index >= 15 is 0 Å². The number of rotatable bonds is 10. The molecule has 0 aliphatic carbocycles. The number of carbonyl (C=O) groups is 2. The molecule has 2 amide bonds. The maximum atomic E-state index is 13.3. The zero-order valence-corrected chi connectivity index (χ0v) is 20.4. The molecule has 0 spiro atoms. The van der Waals surface area contributed by atoms with Crippen LogP contribution in [0.1, 0.15) is 44.2 Å². The third-order valence-electron chi connectivity index (χ3n) is 5.75. The fourth-order valence-corrected chi connectivity index (χ4v) is 4.07. The summed E-state index contributed by atoms with van der Waals surface area (Å²) < 4.78 is 0.987. The SMILES string of the molecule is CCCCNC(=O)[C@@H](C)N(Cc1ccc(Br)cc1)C(=O)CCc1cccc2ccccc12. The Kier molecular flexibility index (Phi) is 8.86. The highest BCUT2D eigenvalue weighted by atomic mass is 79.9. The molecule has 32 heavy (non-hydrogen) atoms. The molecule has 0 bridgehead atoms. The maximum absolute atomic E-state index is 13.3. The quantitative estimate of drug-likeness (QED) is 0.358. The summed E-state index contributed by atoms with van der Waals surface area (Å²) in [6.07, 6.45) is 2.94. The van der Waals surface area contributed by atoms with Crippen LogP contribution in [0.5, 0.6) is 0 Å². The summed E-state index contributed by atoms with van der Waals surface area (Å²) in [5.41, 5.74) is 2.15. The van der Waals surface area contributed by atoms with Crippen LogP contribution in [-0.4, -0.2) is 29.3 Å². The van der Waals surface area contributed by atoms with Gasteiger partial charge in [0.25, 0.3) is 0 Å². The van der Waals surface area contributed by atoms with Crippen LogP contribution in [0.4, 0.5) is 0 Å². The predicted molar refractivity (Wildman–Crippen MR) is 134 cm³/mol. The van der Waals surface area contributed by atoms with Gasteiger partial charge in [0.2, 0.25) is 11.8 Å². The highest BCUT2D eigenvalue weighted by Crippen LogP contribution is 2.21. The Morgan fingerprint density at radius 1 is 1.00 bits per heavy atom. The van der Waals surface area contributed by atoms with E-state index in [0.29, 0.717) is 25.9 Å². The third kappa shape index (κ3) is 6.42.